The van der Waals surface area contributed by atoms with E-state index in [2.05, 4.69) is 5.32 Å². The van der Waals surface area contributed by atoms with Crippen LogP contribution in [0.5, 0.6) is 0 Å². The van der Waals surface area contributed by atoms with Crippen molar-refractivity contribution in [3.05, 3.63) is 42.0 Å². The van der Waals surface area contributed by atoms with Crippen LogP contribution < -0.4 is 5.32 Å². The van der Waals surface area contributed by atoms with Gasteiger partial charge < -0.3 is 5.11 Å². The van der Waals surface area contributed by atoms with Crippen LogP contribution in [0.25, 0.3) is 6.08 Å². The number of carbonyl (C=O) groups excluding carboxylic acids is 2. The molecule has 0 aliphatic carbocycles. The number of benzene rings is 1. The molecule has 0 unspecified atom stereocenters. The van der Waals surface area contributed by atoms with Gasteiger partial charge in [0, 0.05) is 12.5 Å². The van der Waals surface area contributed by atoms with Crippen LogP contribution in [-0.4, -0.2) is 22.9 Å². The summed E-state index contributed by atoms with van der Waals surface area (Å²) in [5.41, 5.74) is 0.839. The van der Waals surface area contributed by atoms with Crippen LogP contribution in [0, 0.1) is 0 Å². The molecule has 0 saturated heterocycles. The van der Waals surface area contributed by atoms with E-state index in [9.17, 15) is 14.4 Å². The summed E-state index contributed by atoms with van der Waals surface area (Å²) in [6, 6.07) is 9.14. The fourth-order valence-corrected chi connectivity index (χ4v) is 1.20. The Labute approximate surface area is 104 Å². The van der Waals surface area contributed by atoms with Gasteiger partial charge in [0.1, 0.15) is 0 Å². The van der Waals surface area contributed by atoms with Gasteiger partial charge in [-0.25, -0.2) is 0 Å². The van der Waals surface area contributed by atoms with Crippen molar-refractivity contribution in [2.24, 2.45) is 0 Å². The van der Waals surface area contributed by atoms with E-state index in [0.717, 1.165) is 5.56 Å². The predicted octanol–water partition coefficient (Wildman–Crippen LogP) is 1.21. The molecule has 0 aliphatic heterocycles. The molecule has 1 rings (SSSR count). The monoisotopic (exact) mass is 247 g/mol. The molecular weight excluding hydrogens is 234 g/mol. The van der Waals surface area contributed by atoms with E-state index in [4.69, 9.17) is 5.11 Å². The number of hydrogen-bond acceptors (Lipinski definition) is 3. The number of amides is 2. The minimum Gasteiger partial charge on any atom is -0.481 e. The van der Waals surface area contributed by atoms with Gasteiger partial charge in [0.05, 0.1) is 6.42 Å². The Hall–Kier alpha value is -2.43. The highest BCUT2D eigenvalue weighted by Crippen LogP contribution is 2.00. The van der Waals surface area contributed by atoms with Crippen LogP contribution in [0.2, 0.25) is 0 Å². The maximum Gasteiger partial charge on any atom is 0.303 e. The first kappa shape index (κ1) is 13.6. The van der Waals surface area contributed by atoms with Crippen molar-refractivity contribution in [1.82, 2.24) is 5.32 Å². The molecule has 2 amide bonds. The summed E-state index contributed by atoms with van der Waals surface area (Å²) in [5.74, 6) is -2.23. The molecule has 0 aromatic heterocycles. The second-order valence-corrected chi connectivity index (χ2v) is 3.55. The first-order chi connectivity index (χ1) is 8.58. The quantitative estimate of drug-likeness (QED) is 0.766. The van der Waals surface area contributed by atoms with Gasteiger partial charge in [-0.05, 0) is 11.6 Å². The second kappa shape index (κ2) is 7.01. The summed E-state index contributed by atoms with van der Waals surface area (Å²) in [6.45, 7) is 0. The average molecular weight is 247 g/mol. The molecule has 2 N–H and O–H groups in total. The Kier molecular flexibility index (Phi) is 5.31. The van der Waals surface area contributed by atoms with Gasteiger partial charge in [0.2, 0.25) is 5.91 Å². The van der Waals surface area contributed by atoms with Crippen LogP contribution in [0.15, 0.2) is 36.4 Å². The Balaban J connectivity index is 2.40. The molecule has 0 aliphatic rings. The van der Waals surface area contributed by atoms with Crippen LogP contribution in [0.4, 0.5) is 0 Å². The van der Waals surface area contributed by atoms with E-state index in [1.54, 1.807) is 6.08 Å². The molecule has 18 heavy (non-hydrogen) atoms. The summed E-state index contributed by atoms with van der Waals surface area (Å²) >= 11 is 0. The Bertz CT molecular complexity index is 465. The fraction of sp³-hybridized carbons (Fsp3) is 0.154. The molecule has 0 fully saturated rings. The van der Waals surface area contributed by atoms with Crippen molar-refractivity contribution >= 4 is 23.9 Å². The SMILES string of the molecule is O=C(O)CCC(=O)NC(=O)/C=C/c1ccccc1. The minimum absolute atomic E-state index is 0.208. The maximum atomic E-state index is 11.3. The number of aliphatic carboxylic acids is 1. The lowest BCUT2D eigenvalue weighted by atomic mass is 10.2. The van der Waals surface area contributed by atoms with E-state index >= 15 is 0 Å². The fourth-order valence-electron chi connectivity index (χ4n) is 1.20. The molecule has 1 aromatic rings. The number of hydrogen-bond donors (Lipinski definition) is 2. The van der Waals surface area contributed by atoms with E-state index in [-0.39, 0.29) is 12.8 Å². The lowest BCUT2D eigenvalue weighted by Crippen LogP contribution is -2.28. The molecule has 0 saturated carbocycles. The lowest BCUT2D eigenvalue weighted by molar-refractivity contribution is -0.139. The first-order valence-corrected chi connectivity index (χ1v) is 5.36. The maximum absolute atomic E-state index is 11.3. The second-order valence-electron chi connectivity index (χ2n) is 3.55. The van der Waals surface area contributed by atoms with E-state index < -0.39 is 17.8 Å². The molecule has 1 aromatic carbocycles. The Morgan fingerprint density at radius 3 is 2.39 bits per heavy atom. The largest absolute Gasteiger partial charge is 0.481 e. The minimum atomic E-state index is -1.07. The zero-order valence-corrected chi connectivity index (χ0v) is 9.63. The smallest absolute Gasteiger partial charge is 0.303 e. The summed E-state index contributed by atoms with van der Waals surface area (Å²) in [5, 5.41) is 10.4. The van der Waals surface area contributed by atoms with Gasteiger partial charge in [-0.3, -0.25) is 19.7 Å². The van der Waals surface area contributed by atoms with Gasteiger partial charge in [0.25, 0.3) is 5.91 Å². The predicted molar refractivity (Wildman–Crippen MR) is 65.5 cm³/mol. The normalized spacial score (nSPS) is 10.2. The molecule has 0 spiro atoms. The standard InChI is InChI=1S/C13H13NO4/c15-11(14-12(16)8-9-13(17)18)7-6-10-4-2-1-3-5-10/h1-7H,8-9H2,(H,17,18)(H,14,15,16)/b7-6+. The van der Waals surface area contributed by atoms with Crippen molar-refractivity contribution in [2.45, 2.75) is 12.8 Å². The van der Waals surface area contributed by atoms with Gasteiger partial charge in [-0.1, -0.05) is 30.3 Å². The number of imide groups is 1. The molecule has 94 valence electrons. The molecule has 0 bridgehead atoms. The third kappa shape index (κ3) is 5.60. The van der Waals surface area contributed by atoms with Crippen LogP contribution in [0.1, 0.15) is 18.4 Å². The third-order valence-electron chi connectivity index (χ3n) is 2.06. The van der Waals surface area contributed by atoms with Crippen LogP contribution in [0.3, 0.4) is 0 Å². The summed E-state index contributed by atoms with van der Waals surface area (Å²) in [7, 11) is 0. The zero-order valence-electron chi connectivity index (χ0n) is 9.63. The first-order valence-electron chi connectivity index (χ1n) is 5.36. The number of carbonyl (C=O) groups is 3. The summed E-state index contributed by atoms with van der Waals surface area (Å²) in [4.78, 5) is 32.7. The van der Waals surface area contributed by atoms with E-state index in [0.29, 0.717) is 0 Å². The van der Waals surface area contributed by atoms with Gasteiger partial charge >= 0.3 is 5.97 Å². The Morgan fingerprint density at radius 1 is 1.11 bits per heavy atom. The number of nitrogens with one attached hydrogen (secondary N) is 1. The average Bonchev–Trinajstić information content (AvgIpc) is 2.35. The van der Waals surface area contributed by atoms with E-state index in [1.807, 2.05) is 30.3 Å². The highest BCUT2D eigenvalue weighted by molar-refractivity contribution is 6.03. The van der Waals surface area contributed by atoms with Crippen molar-refractivity contribution in [3.63, 3.8) is 0 Å². The van der Waals surface area contributed by atoms with Crippen molar-refractivity contribution in [1.29, 1.82) is 0 Å². The third-order valence-corrected chi connectivity index (χ3v) is 2.06. The zero-order chi connectivity index (χ0) is 13.4. The lowest BCUT2D eigenvalue weighted by Gasteiger charge is -1.98. The molecular formula is C13H13NO4. The molecule has 0 radical (unpaired) electrons. The van der Waals surface area contributed by atoms with Gasteiger partial charge in [0.15, 0.2) is 0 Å². The molecule has 0 atom stereocenters. The summed E-state index contributed by atoms with van der Waals surface area (Å²) in [6.07, 6.45) is 2.30. The van der Waals surface area contributed by atoms with Crippen LogP contribution in [-0.2, 0) is 14.4 Å². The van der Waals surface area contributed by atoms with Crippen molar-refractivity contribution in [3.8, 4) is 0 Å². The molecule has 0 heterocycles. The number of carboxylic acid groups (broad SMARTS) is 1. The van der Waals surface area contributed by atoms with Crippen molar-refractivity contribution < 1.29 is 19.5 Å². The number of rotatable bonds is 5. The molecule has 5 nitrogen and oxygen atoms in total. The van der Waals surface area contributed by atoms with Gasteiger partial charge in [-0.2, -0.15) is 0 Å². The van der Waals surface area contributed by atoms with Crippen molar-refractivity contribution in [2.75, 3.05) is 0 Å². The molecule has 5 heteroatoms. The van der Waals surface area contributed by atoms with Crippen LogP contribution >= 0.6 is 0 Å². The van der Waals surface area contributed by atoms with E-state index in [1.165, 1.54) is 6.08 Å². The topological polar surface area (TPSA) is 83.5 Å². The Morgan fingerprint density at radius 2 is 1.78 bits per heavy atom. The summed E-state index contributed by atoms with van der Waals surface area (Å²) < 4.78 is 0. The highest BCUT2D eigenvalue weighted by atomic mass is 16.4. The van der Waals surface area contributed by atoms with Gasteiger partial charge in [-0.15, -0.1) is 0 Å². The highest BCUT2D eigenvalue weighted by Gasteiger charge is 2.07. The number of carboxylic acids is 1.